The number of hydrogen-bond acceptors (Lipinski definition) is 4. The van der Waals surface area contributed by atoms with E-state index in [9.17, 15) is 5.26 Å². The highest BCUT2D eigenvalue weighted by molar-refractivity contribution is 5.54. The molecule has 0 radical (unpaired) electrons. The molecule has 2 aromatic carbocycles. The van der Waals surface area contributed by atoms with E-state index < -0.39 is 0 Å². The van der Waals surface area contributed by atoms with Crippen LogP contribution in [0.15, 0.2) is 66.9 Å². The van der Waals surface area contributed by atoms with Crippen LogP contribution in [-0.4, -0.2) is 12.1 Å². The predicted octanol–water partition coefficient (Wildman–Crippen LogP) is 4.47. The van der Waals surface area contributed by atoms with Gasteiger partial charge in [0.15, 0.2) is 0 Å². The first-order valence-corrected chi connectivity index (χ1v) is 8.03. The molecule has 0 fully saturated rings. The van der Waals surface area contributed by atoms with E-state index in [0.29, 0.717) is 11.4 Å². The van der Waals surface area contributed by atoms with Crippen molar-refractivity contribution in [2.24, 2.45) is 0 Å². The third kappa shape index (κ3) is 3.78. The third-order valence-electron chi connectivity index (χ3n) is 4.07. The van der Waals surface area contributed by atoms with Crippen molar-refractivity contribution < 1.29 is 4.74 Å². The van der Waals surface area contributed by atoms with Gasteiger partial charge in [0.1, 0.15) is 17.6 Å². The standard InChI is InChI=1S/C21H19N3O/c1-15-5-7-16(8-6-15)20(17-9-11-19(25-2)12-10-17)24-21-18(14-22)4-3-13-23-21/h3-13,20H,1-2H3,(H,23,24)/t20-/m0/s1. The summed E-state index contributed by atoms with van der Waals surface area (Å²) in [5, 5.41) is 12.7. The lowest BCUT2D eigenvalue weighted by molar-refractivity contribution is 0.414. The summed E-state index contributed by atoms with van der Waals surface area (Å²) < 4.78 is 5.25. The number of rotatable bonds is 5. The summed E-state index contributed by atoms with van der Waals surface area (Å²) in [5.74, 6) is 1.38. The monoisotopic (exact) mass is 329 g/mol. The lowest BCUT2D eigenvalue weighted by Crippen LogP contribution is -2.14. The third-order valence-corrected chi connectivity index (χ3v) is 4.07. The summed E-state index contributed by atoms with van der Waals surface area (Å²) in [7, 11) is 1.65. The van der Waals surface area contributed by atoms with E-state index in [1.165, 1.54) is 5.56 Å². The van der Waals surface area contributed by atoms with Gasteiger partial charge in [-0.25, -0.2) is 4.98 Å². The average molecular weight is 329 g/mol. The molecular formula is C21H19N3O. The van der Waals surface area contributed by atoms with Gasteiger partial charge in [-0.3, -0.25) is 0 Å². The summed E-state index contributed by atoms with van der Waals surface area (Å²) in [6, 6.07) is 21.8. The first-order chi connectivity index (χ1) is 12.2. The Kier molecular flexibility index (Phi) is 4.96. The Labute approximate surface area is 147 Å². The molecule has 0 saturated heterocycles. The highest BCUT2D eigenvalue weighted by atomic mass is 16.5. The van der Waals surface area contributed by atoms with Crippen molar-refractivity contribution in [1.82, 2.24) is 4.98 Å². The van der Waals surface area contributed by atoms with Crippen LogP contribution < -0.4 is 10.1 Å². The molecule has 0 aliphatic heterocycles. The Balaban J connectivity index is 2.02. The van der Waals surface area contributed by atoms with Crippen LogP contribution in [0.3, 0.4) is 0 Å². The Morgan fingerprint density at radius 3 is 2.24 bits per heavy atom. The Morgan fingerprint density at radius 1 is 1.00 bits per heavy atom. The van der Waals surface area contributed by atoms with E-state index in [4.69, 9.17) is 4.74 Å². The average Bonchev–Trinajstić information content (AvgIpc) is 2.67. The largest absolute Gasteiger partial charge is 0.497 e. The number of methoxy groups -OCH3 is 1. The van der Waals surface area contributed by atoms with Crippen LogP contribution in [0.2, 0.25) is 0 Å². The SMILES string of the molecule is COc1ccc([C@@H](Nc2ncccc2C#N)c2ccc(C)cc2)cc1. The number of nitrogens with one attached hydrogen (secondary N) is 1. The molecule has 1 N–H and O–H groups in total. The maximum atomic E-state index is 9.33. The van der Waals surface area contributed by atoms with Gasteiger partial charge in [0, 0.05) is 6.20 Å². The molecule has 1 atom stereocenters. The van der Waals surface area contributed by atoms with Crippen molar-refractivity contribution in [3.05, 3.63) is 89.1 Å². The van der Waals surface area contributed by atoms with Gasteiger partial charge in [-0.1, -0.05) is 42.0 Å². The zero-order valence-electron chi connectivity index (χ0n) is 14.2. The normalized spacial score (nSPS) is 11.4. The first-order valence-electron chi connectivity index (χ1n) is 8.03. The van der Waals surface area contributed by atoms with E-state index in [1.807, 2.05) is 24.3 Å². The summed E-state index contributed by atoms with van der Waals surface area (Å²) >= 11 is 0. The minimum atomic E-state index is -0.117. The van der Waals surface area contributed by atoms with Gasteiger partial charge in [-0.15, -0.1) is 0 Å². The molecule has 0 amide bonds. The molecule has 4 heteroatoms. The Bertz CT molecular complexity index is 880. The fourth-order valence-corrected chi connectivity index (χ4v) is 2.66. The molecule has 3 aromatic rings. The molecule has 0 aliphatic rings. The summed E-state index contributed by atoms with van der Waals surface area (Å²) in [5.41, 5.74) is 3.89. The molecule has 124 valence electrons. The molecule has 4 nitrogen and oxygen atoms in total. The highest BCUT2D eigenvalue weighted by Gasteiger charge is 2.16. The topological polar surface area (TPSA) is 57.9 Å². The second-order valence-electron chi connectivity index (χ2n) is 5.77. The van der Waals surface area contributed by atoms with E-state index in [0.717, 1.165) is 16.9 Å². The van der Waals surface area contributed by atoms with Gasteiger partial charge in [0.05, 0.1) is 18.7 Å². The molecule has 0 saturated carbocycles. The van der Waals surface area contributed by atoms with Crippen LogP contribution in [0.4, 0.5) is 5.82 Å². The van der Waals surface area contributed by atoms with E-state index in [-0.39, 0.29) is 6.04 Å². The second kappa shape index (κ2) is 7.50. The van der Waals surface area contributed by atoms with Crippen molar-refractivity contribution >= 4 is 5.82 Å². The van der Waals surface area contributed by atoms with Crippen LogP contribution in [0.25, 0.3) is 0 Å². The molecular weight excluding hydrogens is 310 g/mol. The molecule has 0 aliphatic carbocycles. The summed E-state index contributed by atoms with van der Waals surface area (Å²) in [6.45, 7) is 2.06. The predicted molar refractivity (Wildman–Crippen MR) is 98.6 cm³/mol. The second-order valence-corrected chi connectivity index (χ2v) is 5.77. The van der Waals surface area contributed by atoms with Crippen LogP contribution >= 0.6 is 0 Å². The number of benzene rings is 2. The molecule has 1 heterocycles. The van der Waals surface area contributed by atoms with Gasteiger partial charge in [-0.2, -0.15) is 5.26 Å². The van der Waals surface area contributed by atoms with Crippen molar-refractivity contribution in [2.75, 3.05) is 12.4 Å². The maximum Gasteiger partial charge on any atom is 0.144 e. The minimum absolute atomic E-state index is 0.117. The number of hydrogen-bond donors (Lipinski definition) is 1. The van der Waals surface area contributed by atoms with Gasteiger partial charge < -0.3 is 10.1 Å². The molecule has 1 aromatic heterocycles. The summed E-state index contributed by atoms with van der Waals surface area (Å²) in [6.07, 6.45) is 1.68. The zero-order valence-corrected chi connectivity index (χ0v) is 14.2. The van der Waals surface area contributed by atoms with Crippen LogP contribution in [-0.2, 0) is 0 Å². The molecule has 0 spiro atoms. The van der Waals surface area contributed by atoms with Crippen molar-refractivity contribution in [3.8, 4) is 11.8 Å². The number of pyridine rings is 1. The fraction of sp³-hybridized carbons (Fsp3) is 0.143. The molecule has 0 bridgehead atoms. The molecule has 25 heavy (non-hydrogen) atoms. The number of nitriles is 1. The van der Waals surface area contributed by atoms with E-state index in [2.05, 4.69) is 47.6 Å². The minimum Gasteiger partial charge on any atom is -0.497 e. The number of aromatic nitrogens is 1. The van der Waals surface area contributed by atoms with Crippen LogP contribution in [0, 0.1) is 18.3 Å². The van der Waals surface area contributed by atoms with E-state index >= 15 is 0 Å². The Hall–Kier alpha value is -3.32. The van der Waals surface area contributed by atoms with Crippen molar-refractivity contribution in [3.63, 3.8) is 0 Å². The highest BCUT2D eigenvalue weighted by Crippen LogP contribution is 2.28. The number of ether oxygens (including phenoxy) is 1. The number of nitrogens with zero attached hydrogens (tertiary/aromatic N) is 2. The fourth-order valence-electron chi connectivity index (χ4n) is 2.66. The van der Waals surface area contributed by atoms with Crippen molar-refractivity contribution in [2.45, 2.75) is 13.0 Å². The van der Waals surface area contributed by atoms with Gasteiger partial charge in [0.25, 0.3) is 0 Å². The summed E-state index contributed by atoms with van der Waals surface area (Å²) in [4.78, 5) is 4.33. The number of aryl methyl sites for hydroxylation is 1. The maximum absolute atomic E-state index is 9.33. The quantitative estimate of drug-likeness (QED) is 0.750. The molecule has 3 rings (SSSR count). The lowest BCUT2D eigenvalue weighted by atomic mass is 9.97. The van der Waals surface area contributed by atoms with E-state index in [1.54, 1.807) is 25.4 Å². The first kappa shape index (κ1) is 16.5. The van der Waals surface area contributed by atoms with Gasteiger partial charge in [-0.05, 0) is 42.3 Å². The van der Waals surface area contributed by atoms with Gasteiger partial charge in [0.2, 0.25) is 0 Å². The smallest absolute Gasteiger partial charge is 0.144 e. The number of anilines is 1. The van der Waals surface area contributed by atoms with Crippen LogP contribution in [0.5, 0.6) is 5.75 Å². The van der Waals surface area contributed by atoms with Crippen molar-refractivity contribution in [1.29, 1.82) is 5.26 Å². The van der Waals surface area contributed by atoms with Crippen LogP contribution in [0.1, 0.15) is 28.3 Å². The lowest BCUT2D eigenvalue weighted by Gasteiger charge is -2.21. The molecule has 0 unspecified atom stereocenters. The Morgan fingerprint density at radius 2 is 1.64 bits per heavy atom. The van der Waals surface area contributed by atoms with Gasteiger partial charge >= 0.3 is 0 Å². The zero-order chi connectivity index (χ0) is 17.6.